The highest BCUT2D eigenvalue weighted by molar-refractivity contribution is 6.05. The maximum atomic E-state index is 13.9. The summed E-state index contributed by atoms with van der Waals surface area (Å²) in [6, 6.07) is 1.60. The van der Waals surface area contributed by atoms with Gasteiger partial charge in [-0.15, -0.1) is 0 Å². The van der Waals surface area contributed by atoms with Crippen molar-refractivity contribution in [3.8, 4) is 0 Å². The molecule has 1 atom stereocenters. The Hall–Kier alpha value is -2.84. The topological polar surface area (TPSA) is 76.0 Å². The van der Waals surface area contributed by atoms with E-state index >= 15 is 0 Å². The lowest BCUT2D eigenvalue weighted by molar-refractivity contribution is 0.0923. The van der Waals surface area contributed by atoms with E-state index < -0.39 is 35.0 Å². The molecule has 0 radical (unpaired) electrons. The van der Waals surface area contributed by atoms with Gasteiger partial charge in [0.25, 0.3) is 11.8 Å². The third kappa shape index (κ3) is 3.74. The number of hydrogen-bond acceptors (Lipinski definition) is 3. The number of amides is 2. The summed E-state index contributed by atoms with van der Waals surface area (Å²) in [4.78, 5) is 29.4. The molecule has 1 unspecified atom stereocenters. The minimum atomic E-state index is -1.67. The van der Waals surface area contributed by atoms with Gasteiger partial charge in [-0.3, -0.25) is 9.59 Å². The molecule has 2 amide bonds. The molecule has 3 rings (SSSR count). The monoisotopic (exact) mass is 394 g/mol. The van der Waals surface area contributed by atoms with Crippen LogP contribution in [-0.2, 0) is 13.0 Å². The Bertz CT molecular complexity index is 926. The summed E-state index contributed by atoms with van der Waals surface area (Å²) in [5.74, 6) is -5.56. The fourth-order valence-corrected chi connectivity index (χ4v) is 3.09. The summed E-state index contributed by atoms with van der Waals surface area (Å²) < 4.78 is 42.1. The van der Waals surface area contributed by atoms with Gasteiger partial charge in [0.15, 0.2) is 29.0 Å². The van der Waals surface area contributed by atoms with Crippen LogP contribution < -0.4 is 10.6 Å². The van der Waals surface area contributed by atoms with E-state index in [1.807, 2.05) is 13.8 Å². The summed E-state index contributed by atoms with van der Waals surface area (Å²) in [5.41, 5.74) is 0.0613. The molecule has 150 valence electrons. The van der Waals surface area contributed by atoms with E-state index in [1.54, 1.807) is 4.57 Å². The molecule has 2 heterocycles. The number of nitrogens with one attached hydrogen (secondary N) is 2. The molecule has 28 heavy (non-hydrogen) atoms. The number of imidazole rings is 1. The van der Waals surface area contributed by atoms with Crippen LogP contribution in [0.5, 0.6) is 0 Å². The van der Waals surface area contributed by atoms with Crippen molar-refractivity contribution in [2.45, 2.75) is 52.1 Å². The SMILES string of the molecule is CCC(C)NC(=O)c1nc(C(=O)Nc2ccc(F)c(F)c2F)c2n1CCCC2. The van der Waals surface area contributed by atoms with Gasteiger partial charge in [-0.2, -0.15) is 0 Å². The Balaban J connectivity index is 1.92. The van der Waals surface area contributed by atoms with Crippen molar-refractivity contribution in [1.82, 2.24) is 14.9 Å². The molecule has 9 heteroatoms. The highest BCUT2D eigenvalue weighted by Gasteiger charge is 2.28. The first kappa shape index (κ1) is 19.9. The average Bonchev–Trinajstić information content (AvgIpc) is 3.08. The van der Waals surface area contributed by atoms with E-state index in [2.05, 4.69) is 15.6 Å². The van der Waals surface area contributed by atoms with E-state index in [-0.39, 0.29) is 17.6 Å². The second-order valence-electron chi connectivity index (χ2n) is 6.80. The van der Waals surface area contributed by atoms with E-state index in [1.165, 1.54) is 0 Å². The molecule has 0 fully saturated rings. The molecular formula is C19H21F3N4O2. The van der Waals surface area contributed by atoms with Crippen LogP contribution in [0, 0.1) is 17.5 Å². The number of carbonyl (C=O) groups is 2. The van der Waals surface area contributed by atoms with E-state index in [0.717, 1.165) is 31.4 Å². The molecule has 6 nitrogen and oxygen atoms in total. The summed E-state index contributed by atoms with van der Waals surface area (Å²) in [7, 11) is 0. The summed E-state index contributed by atoms with van der Waals surface area (Å²) >= 11 is 0. The number of nitrogens with zero attached hydrogens (tertiary/aromatic N) is 2. The molecule has 1 aromatic carbocycles. The molecule has 0 saturated carbocycles. The predicted octanol–water partition coefficient (Wildman–Crippen LogP) is 3.42. The quantitative estimate of drug-likeness (QED) is 0.763. The Labute approximate surface area is 160 Å². The van der Waals surface area contributed by atoms with Crippen LogP contribution in [0.25, 0.3) is 0 Å². The summed E-state index contributed by atoms with van der Waals surface area (Å²) in [6.07, 6.45) is 2.93. The molecule has 1 aliphatic heterocycles. The lowest BCUT2D eigenvalue weighted by Gasteiger charge is -2.18. The van der Waals surface area contributed by atoms with Gasteiger partial charge in [-0.25, -0.2) is 18.2 Å². The van der Waals surface area contributed by atoms with Crippen LogP contribution in [0.4, 0.5) is 18.9 Å². The Morgan fingerprint density at radius 3 is 2.64 bits per heavy atom. The van der Waals surface area contributed by atoms with Gasteiger partial charge < -0.3 is 15.2 Å². The summed E-state index contributed by atoms with van der Waals surface area (Å²) in [6.45, 7) is 4.33. The molecule has 0 saturated heterocycles. The number of benzene rings is 1. The van der Waals surface area contributed by atoms with Crippen molar-refractivity contribution >= 4 is 17.5 Å². The van der Waals surface area contributed by atoms with Gasteiger partial charge in [0.2, 0.25) is 0 Å². The van der Waals surface area contributed by atoms with Crippen LogP contribution in [0.2, 0.25) is 0 Å². The molecule has 2 aromatic rings. The van der Waals surface area contributed by atoms with Crippen LogP contribution >= 0.6 is 0 Å². The number of hydrogen-bond donors (Lipinski definition) is 2. The third-order valence-electron chi connectivity index (χ3n) is 4.81. The Morgan fingerprint density at radius 2 is 1.93 bits per heavy atom. The fourth-order valence-electron chi connectivity index (χ4n) is 3.09. The van der Waals surface area contributed by atoms with Gasteiger partial charge in [-0.1, -0.05) is 6.92 Å². The molecule has 1 aliphatic rings. The van der Waals surface area contributed by atoms with Crippen molar-refractivity contribution in [3.63, 3.8) is 0 Å². The van der Waals surface area contributed by atoms with Crippen LogP contribution in [0.15, 0.2) is 12.1 Å². The lowest BCUT2D eigenvalue weighted by atomic mass is 10.1. The van der Waals surface area contributed by atoms with Gasteiger partial charge in [0.05, 0.1) is 11.4 Å². The molecule has 0 spiro atoms. The number of rotatable bonds is 5. The molecule has 2 N–H and O–H groups in total. The predicted molar refractivity (Wildman–Crippen MR) is 96.7 cm³/mol. The number of carbonyl (C=O) groups excluding carboxylic acids is 2. The van der Waals surface area contributed by atoms with E-state index in [9.17, 15) is 22.8 Å². The Morgan fingerprint density at radius 1 is 1.18 bits per heavy atom. The first-order chi connectivity index (χ1) is 13.3. The zero-order valence-electron chi connectivity index (χ0n) is 15.6. The highest BCUT2D eigenvalue weighted by atomic mass is 19.2. The third-order valence-corrected chi connectivity index (χ3v) is 4.81. The number of halogens is 3. The zero-order chi connectivity index (χ0) is 20.4. The van der Waals surface area contributed by atoms with Crippen molar-refractivity contribution in [3.05, 3.63) is 46.8 Å². The highest BCUT2D eigenvalue weighted by Crippen LogP contribution is 2.24. The van der Waals surface area contributed by atoms with Crippen molar-refractivity contribution < 1.29 is 22.8 Å². The van der Waals surface area contributed by atoms with Crippen LogP contribution in [0.1, 0.15) is 59.9 Å². The van der Waals surface area contributed by atoms with Crippen molar-refractivity contribution in [2.75, 3.05) is 5.32 Å². The van der Waals surface area contributed by atoms with Gasteiger partial charge in [-0.05, 0) is 44.7 Å². The van der Waals surface area contributed by atoms with Gasteiger partial charge >= 0.3 is 0 Å². The maximum Gasteiger partial charge on any atom is 0.287 e. The zero-order valence-corrected chi connectivity index (χ0v) is 15.6. The fraction of sp³-hybridized carbons (Fsp3) is 0.421. The number of anilines is 1. The normalized spacial score (nSPS) is 14.3. The molecular weight excluding hydrogens is 373 g/mol. The van der Waals surface area contributed by atoms with Crippen molar-refractivity contribution in [2.24, 2.45) is 0 Å². The second kappa shape index (κ2) is 8.04. The van der Waals surface area contributed by atoms with Crippen LogP contribution in [-0.4, -0.2) is 27.4 Å². The minimum absolute atomic E-state index is 0.0156. The average molecular weight is 394 g/mol. The molecule has 0 bridgehead atoms. The molecule has 0 aliphatic carbocycles. The lowest BCUT2D eigenvalue weighted by Crippen LogP contribution is -2.34. The first-order valence-corrected chi connectivity index (χ1v) is 9.18. The smallest absolute Gasteiger partial charge is 0.287 e. The number of fused-ring (bicyclic) bond motifs is 1. The first-order valence-electron chi connectivity index (χ1n) is 9.18. The number of aromatic nitrogens is 2. The molecule has 1 aromatic heterocycles. The van der Waals surface area contributed by atoms with Gasteiger partial charge in [0, 0.05) is 12.6 Å². The van der Waals surface area contributed by atoms with E-state index in [0.29, 0.717) is 18.7 Å². The Kier molecular flexibility index (Phi) is 5.71. The van der Waals surface area contributed by atoms with Crippen molar-refractivity contribution in [1.29, 1.82) is 0 Å². The maximum absolute atomic E-state index is 13.9. The summed E-state index contributed by atoms with van der Waals surface area (Å²) in [5, 5.41) is 5.04. The second-order valence-corrected chi connectivity index (χ2v) is 6.80. The standard InChI is InChI=1S/C19H21F3N4O2/c1-3-10(2)23-19(28)17-25-16(13-6-4-5-9-26(13)17)18(27)24-12-8-7-11(20)14(21)15(12)22/h7-8,10H,3-6,9H2,1-2H3,(H,23,28)(H,24,27). The minimum Gasteiger partial charge on any atom is -0.347 e. The van der Waals surface area contributed by atoms with Gasteiger partial charge in [0.1, 0.15) is 0 Å². The van der Waals surface area contributed by atoms with Crippen LogP contribution in [0.3, 0.4) is 0 Å². The largest absolute Gasteiger partial charge is 0.347 e. The van der Waals surface area contributed by atoms with E-state index in [4.69, 9.17) is 0 Å².